The number of carbonyl (C=O) groups is 1. The van der Waals surface area contributed by atoms with E-state index >= 15 is 0 Å². The van der Waals surface area contributed by atoms with Crippen LogP contribution in [-0.4, -0.2) is 24.0 Å². The van der Waals surface area contributed by atoms with Gasteiger partial charge in [0.2, 0.25) is 0 Å². The van der Waals surface area contributed by atoms with Crippen molar-refractivity contribution in [3.8, 4) is 0 Å². The summed E-state index contributed by atoms with van der Waals surface area (Å²) >= 11 is 0. The third kappa shape index (κ3) is 4.85. The second kappa shape index (κ2) is 6.06. The van der Waals surface area contributed by atoms with Crippen molar-refractivity contribution >= 4 is 6.03 Å². The summed E-state index contributed by atoms with van der Waals surface area (Å²) in [6.07, 6.45) is 3.34. The zero-order chi connectivity index (χ0) is 10.3. The quantitative estimate of drug-likeness (QED) is 0.644. The summed E-state index contributed by atoms with van der Waals surface area (Å²) in [6, 6.07) is -0.174. The predicted octanol–water partition coefficient (Wildman–Crippen LogP) is 1.90. The second-order valence-corrected chi connectivity index (χ2v) is 2.69. The molecule has 0 fully saturated rings. The lowest BCUT2D eigenvalue weighted by Gasteiger charge is -2.19. The van der Waals surface area contributed by atoms with Crippen molar-refractivity contribution in [1.29, 1.82) is 0 Å². The van der Waals surface area contributed by atoms with Gasteiger partial charge in [-0.25, -0.2) is 4.79 Å². The minimum Gasteiger partial charge on any atom is -0.317 e. The van der Waals surface area contributed by atoms with E-state index in [1.165, 1.54) is 0 Å². The van der Waals surface area contributed by atoms with Gasteiger partial charge in [0, 0.05) is 18.8 Å². The van der Waals surface area contributed by atoms with Crippen LogP contribution in [0.5, 0.6) is 0 Å². The van der Waals surface area contributed by atoms with Crippen LogP contribution in [-0.2, 0) is 0 Å². The smallest absolute Gasteiger partial charge is 0.317 e. The Hall–Kier alpha value is -1.51. The highest BCUT2D eigenvalue weighted by Gasteiger charge is 2.08. The molecular weight excluding hydrogens is 164 g/mol. The highest BCUT2D eigenvalue weighted by Crippen LogP contribution is 1.92. The predicted molar refractivity (Wildman–Crippen MR) is 55.3 cm³/mol. The minimum absolute atomic E-state index is 0.174. The van der Waals surface area contributed by atoms with Crippen molar-refractivity contribution in [3.05, 3.63) is 37.6 Å². The lowest BCUT2D eigenvalue weighted by atomic mass is 10.4. The number of hydrogen-bond donors (Lipinski definition) is 1. The molecule has 0 aromatic heterocycles. The molecule has 72 valence electrons. The van der Waals surface area contributed by atoms with Crippen LogP contribution in [0.4, 0.5) is 4.79 Å². The fourth-order valence-corrected chi connectivity index (χ4v) is 0.814. The van der Waals surface area contributed by atoms with Crippen molar-refractivity contribution in [1.82, 2.24) is 10.2 Å². The molecule has 0 atom stereocenters. The topological polar surface area (TPSA) is 32.3 Å². The van der Waals surface area contributed by atoms with E-state index in [-0.39, 0.29) is 6.03 Å². The standard InChI is InChI=1S/C10H16N2O/c1-5-7-12(8-6-2)10(13)11-9(3)4/h5-6H,1-3,7-8H2,4H3,(H,11,13). The van der Waals surface area contributed by atoms with Gasteiger partial charge in [0.15, 0.2) is 0 Å². The number of amides is 2. The summed E-state index contributed by atoms with van der Waals surface area (Å²) in [5.74, 6) is 0. The van der Waals surface area contributed by atoms with Crippen molar-refractivity contribution in [2.24, 2.45) is 0 Å². The number of rotatable bonds is 5. The first-order valence-corrected chi connectivity index (χ1v) is 4.05. The van der Waals surface area contributed by atoms with Gasteiger partial charge < -0.3 is 10.2 Å². The summed E-state index contributed by atoms with van der Waals surface area (Å²) < 4.78 is 0. The Morgan fingerprint density at radius 3 is 2.15 bits per heavy atom. The molecule has 0 aliphatic rings. The SMILES string of the molecule is C=CCN(CC=C)C(=O)NC(=C)C. The molecule has 0 aliphatic carbocycles. The minimum atomic E-state index is -0.174. The first kappa shape index (κ1) is 11.5. The first-order chi connectivity index (χ1) is 6.11. The van der Waals surface area contributed by atoms with Crippen LogP contribution in [0.15, 0.2) is 37.6 Å². The van der Waals surface area contributed by atoms with Crippen LogP contribution in [0, 0.1) is 0 Å². The van der Waals surface area contributed by atoms with Gasteiger partial charge in [-0.2, -0.15) is 0 Å². The largest absolute Gasteiger partial charge is 0.322 e. The zero-order valence-corrected chi connectivity index (χ0v) is 8.05. The molecule has 0 bridgehead atoms. The number of carbonyl (C=O) groups excluding carboxylic acids is 1. The molecular formula is C10H16N2O. The molecule has 13 heavy (non-hydrogen) atoms. The van der Waals surface area contributed by atoms with Crippen LogP contribution in [0.2, 0.25) is 0 Å². The van der Waals surface area contributed by atoms with E-state index in [9.17, 15) is 4.79 Å². The Balaban J connectivity index is 4.17. The Kier molecular flexibility index (Phi) is 5.35. The Bertz CT molecular complexity index is 211. The molecule has 0 radical (unpaired) electrons. The van der Waals surface area contributed by atoms with Gasteiger partial charge in [-0.1, -0.05) is 18.7 Å². The average molecular weight is 180 g/mol. The summed E-state index contributed by atoms with van der Waals surface area (Å²) in [5.41, 5.74) is 0.628. The molecule has 3 nitrogen and oxygen atoms in total. The normalized spacial score (nSPS) is 8.69. The van der Waals surface area contributed by atoms with Gasteiger partial charge in [-0.05, 0) is 6.92 Å². The maximum Gasteiger partial charge on any atom is 0.322 e. The Morgan fingerprint density at radius 2 is 1.85 bits per heavy atom. The summed E-state index contributed by atoms with van der Waals surface area (Å²) in [4.78, 5) is 13.0. The first-order valence-electron chi connectivity index (χ1n) is 4.05. The molecule has 0 aromatic carbocycles. The molecule has 0 rings (SSSR count). The molecule has 0 aromatic rings. The fourth-order valence-electron chi connectivity index (χ4n) is 0.814. The maximum atomic E-state index is 11.4. The lowest BCUT2D eigenvalue weighted by molar-refractivity contribution is 0.211. The van der Waals surface area contributed by atoms with Gasteiger partial charge >= 0.3 is 6.03 Å². The maximum absolute atomic E-state index is 11.4. The number of hydrogen-bond acceptors (Lipinski definition) is 1. The summed E-state index contributed by atoms with van der Waals surface area (Å²) in [7, 11) is 0. The van der Waals surface area contributed by atoms with Crippen molar-refractivity contribution in [2.45, 2.75) is 6.92 Å². The molecule has 0 heterocycles. The monoisotopic (exact) mass is 180 g/mol. The third-order valence-electron chi connectivity index (χ3n) is 1.31. The van der Waals surface area contributed by atoms with Crippen LogP contribution < -0.4 is 5.32 Å². The van der Waals surface area contributed by atoms with Crippen LogP contribution >= 0.6 is 0 Å². The molecule has 3 heteroatoms. The second-order valence-electron chi connectivity index (χ2n) is 2.69. The van der Waals surface area contributed by atoms with E-state index < -0.39 is 0 Å². The van der Waals surface area contributed by atoms with E-state index in [0.29, 0.717) is 18.8 Å². The summed E-state index contributed by atoms with van der Waals surface area (Å²) in [6.45, 7) is 13.5. The van der Waals surface area contributed by atoms with Crippen molar-refractivity contribution in [2.75, 3.05) is 13.1 Å². The lowest BCUT2D eigenvalue weighted by Crippen LogP contribution is -2.39. The van der Waals surface area contributed by atoms with E-state index in [1.807, 2.05) is 0 Å². The molecule has 0 spiro atoms. The Morgan fingerprint density at radius 1 is 1.38 bits per heavy atom. The van der Waals surface area contributed by atoms with Crippen molar-refractivity contribution in [3.63, 3.8) is 0 Å². The van der Waals surface area contributed by atoms with Gasteiger partial charge in [-0.3, -0.25) is 0 Å². The number of nitrogens with zero attached hydrogens (tertiary/aromatic N) is 1. The van der Waals surface area contributed by atoms with Gasteiger partial charge in [0.25, 0.3) is 0 Å². The molecule has 0 unspecified atom stereocenters. The average Bonchev–Trinajstić information content (AvgIpc) is 2.02. The van der Waals surface area contributed by atoms with E-state index in [1.54, 1.807) is 24.0 Å². The van der Waals surface area contributed by atoms with E-state index in [2.05, 4.69) is 25.1 Å². The molecule has 2 amide bonds. The van der Waals surface area contributed by atoms with Crippen LogP contribution in [0.25, 0.3) is 0 Å². The highest BCUT2D eigenvalue weighted by atomic mass is 16.2. The molecule has 0 saturated carbocycles. The fraction of sp³-hybridized carbons (Fsp3) is 0.300. The highest BCUT2D eigenvalue weighted by molar-refractivity contribution is 5.76. The van der Waals surface area contributed by atoms with E-state index in [0.717, 1.165) is 0 Å². The van der Waals surface area contributed by atoms with E-state index in [4.69, 9.17) is 0 Å². The number of nitrogens with one attached hydrogen (secondary N) is 1. The van der Waals surface area contributed by atoms with Crippen molar-refractivity contribution < 1.29 is 4.79 Å². The number of allylic oxidation sites excluding steroid dienone is 1. The van der Waals surface area contributed by atoms with Gasteiger partial charge in [0.05, 0.1) is 0 Å². The Labute approximate surface area is 79.4 Å². The third-order valence-corrected chi connectivity index (χ3v) is 1.31. The van der Waals surface area contributed by atoms with Crippen LogP contribution in [0.3, 0.4) is 0 Å². The zero-order valence-electron chi connectivity index (χ0n) is 8.05. The molecule has 0 aliphatic heterocycles. The van der Waals surface area contributed by atoms with Gasteiger partial charge in [0.1, 0.15) is 0 Å². The molecule has 1 N–H and O–H groups in total. The van der Waals surface area contributed by atoms with Crippen LogP contribution in [0.1, 0.15) is 6.92 Å². The van der Waals surface area contributed by atoms with Gasteiger partial charge in [-0.15, -0.1) is 13.2 Å². The summed E-state index contributed by atoms with van der Waals surface area (Å²) in [5, 5.41) is 2.61. The molecule has 0 saturated heterocycles. The number of urea groups is 1.